The second-order valence-electron chi connectivity index (χ2n) is 4.94. The van der Waals surface area contributed by atoms with E-state index in [2.05, 4.69) is 30.1 Å². The van der Waals surface area contributed by atoms with Crippen molar-refractivity contribution in [2.75, 3.05) is 25.2 Å². The van der Waals surface area contributed by atoms with Gasteiger partial charge in [-0.25, -0.2) is 0 Å². The van der Waals surface area contributed by atoms with Gasteiger partial charge in [0, 0.05) is 25.1 Å². The van der Waals surface area contributed by atoms with Crippen LogP contribution in [0.15, 0.2) is 29.7 Å². The Morgan fingerprint density at radius 2 is 1.80 bits per heavy atom. The molecule has 3 heterocycles. The highest BCUT2D eigenvalue weighted by atomic mass is 32.2. The smallest absolute Gasteiger partial charge is 0.225 e. The van der Waals surface area contributed by atoms with Crippen LogP contribution in [-0.4, -0.2) is 48.4 Å². The standard InChI is InChI=1S/C14H17N9OS/c1-24-7-6-23-11(9-2-4-17-5-3-9)21-22-14(23)25-8-10-18-12(15)20-13(16)19-10/h2-5H,6-8H2,1H3,(H4,15,16,18,19,20). The van der Waals surface area contributed by atoms with Crippen molar-refractivity contribution in [1.29, 1.82) is 0 Å². The Hall–Kier alpha value is -2.79. The third-order valence-electron chi connectivity index (χ3n) is 3.22. The number of hydrogen-bond acceptors (Lipinski definition) is 10. The Labute approximate surface area is 148 Å². The van der Waals surface area contributed by atoms with Crippen LogP contribution < -0.4 is 11.5 Å². The molecule has 0 aliphatic heterocycles. The molecule has 3 rings (SSSR count). The van der Waals surface area contributed by atoms with E-state index in [0.29, 0.717) is 24.7 Å². The first-order valence-electron chi connectivity index (χ1n) is 7.38. The zero-order valence-electron chi connectivity index (χ0n) is 13.5. The van der Waals surface area contributed by atoms with Gasteiger partial charge < -0.3 is 16.2 Å². The van der Waals surface area contributed by atoms with Crippen LogP contribution in [0.3, 0.4) is 0 Å². The normalized spacial score (nSPS) is 10.9. The summed E-state index contributed by atoms with van der Waals surface area (Å²) in [5, 5.41) is 9.29. The van der Waals surface area contributed by atoms with Gasteiger partial charge >= 0.3 is 0 Å². The largest absolute Gasteiger partial charge is 0.383 e. The summed E-state index contributed by atoms with van der Waals surface area (Å²) in [4.78, 5) is 15.9. The molecule has 130 valence electrons. The first-order valence-corrected chi connectivity index (χ1v) is 8.37. The fraction of sp³-hybridized carbons (Fsp3) is 0.286. The van der Waals surface area contributed by atoms with Gasteiger partial charge in [-0.2, -0.15) is 15.0 Å². The minimum atomic E-state index is 0.0985. The van der Waals surface area contributed by atoms with Crippen molar-refractivity contribution in [3.63, 3.8) is 0 Å². The molecule has 4 N–H and O–H groups in total. The highest BCUT2D eigenvalue weighted by Crippen LogP contribution is 2.25. The number of ether oxygens (including phenoxy) is 1. The molecule has 0 radical (unpaired) electrons. The summed E-state index contributed by atoms with van der Waals surface area (Å²) in [5.41, 5.74) is 12.1. The molecular weight excluding hydrogens is 342 g/mol. The third-order valence-corrected chi connectivity index (χ3v) is 4.18. The van der Waals surface area contributed by atoms with Gasteiger partial charge in [-0.15, -0.1) is 10.2 Å². The lowest BCUT2D eigenvalue weighted by molar-refractivity contribution is 0.185. The van der Waals surface area contributed by atoms with Crippen LogP contribution in [0.4, 0.5) is 11.9 Å². The maximum atomic E-state index is 5.60. The van der Waals surface area contributed by atoms with Crippen molar-refractivity contribution in [3.8, 4) is 11.4 Å². The molecular formula is C14H17N9OS. The van der Waals surface area contributed by atoms with Gasteiger partial charge in [0.15, 0.2) is 11.0 Å². The van der Waals surface area contributed by atoms with Crippen LogP contribution in [0, 0.1) is 0 Å². The highest BCUT2D eigenvalue weighted by Gasteiger charge is 2.15. The van der Waals surface area contributed by atoms with E-state index in [0.717, 1.165) is 16.5 Å². The summed E-state index contributed by atoms with van der Waals surface area (Å²) in [6.45, 7) is 1.15. The Balaban J connectivity index is 1.84. The monoisotopic (exact) mass is 359 g/mol. The van der Waals surface area contributed by atoms with Gasteiger partial charge in [-0.1, -0.05) is 11.8 Å². The van der Waals surface area contributed by atoms with E-state index in [1.807, 2.05) is 16.7 Å². The molecule has 0 aliphatic rings. The van der Waals surface area contributed by atoms with Gasteiger partial charge in [-0.3, -0.25) is 9.55 Å². The SMILES string of the molecule is COCCn1c(SCc2nc(N)nc(N)n2)nnc1-c1ccncc1. The van der Waals surface area contributed by atoms with Gasteiger partial charge in [0.2, 0.25) is 11.9 Å². The molecule has 0 spiro atoms. The van der Waals surface area contributed by atoms with Crippen LogP contribution in [0.25, 0.3) is 11.4 Å². The quantitative estimate of drug-likeness (QED) is 0.576. The predicted octanol–water partition coefficient (Wildman–Crippen LogP) is 0.628. The van der Waals surface area contributed by atoms with Crippen LogP contribution in [0.5, 0.6) is 0 Å². The molecule has 25 heavy (non-hydrogen) atoms. The summed E-state index contributed by atoms with van der Waals surface area (Å²) < 4.78 is 7.17. The highest BCUT2D eigenvalue weighted by molar-refractivity contribution is 7.98. The fourth-order valence-corrected chi connectivity index (χ4v) is 2.96. The molecule has 0 atom stereocenters. The van der Waals surface area contributed by atoms with E-state index < -0.39 is 0 Å². The van der Waals surface area contributed by atoms with Crippen LogP contribution >= 0.6 is 11.8 Å². The Morgan fingerprint density at radius 1 is 1.08 bits per heavy atom. The Bertz CT molecular complexity index is 819. The Kier molecular flexibility index (Phi) is 5.36. The number of hydrogen-bond donors (Lipinski definition) is 2. The van der Waals surface area contributed by atoms with E-state index in [1.54, 1.807) is 19.5 Å². The molecule has 3 aromatic rings. The third kappa shape index (κ3) is 4.19. The number of aromatic nitrogens is 7. The molecule has 0 saturated heterocycles. The van der Waals surface area contributed by atoms with Crippen LogP contribution in [0.2, 0.25) is 0 Å². The van der Waals surface area contributed by atoms with Gasteiger partial charge in [0.05, 0.1) is 18.9 Å². The maximum absolute atomic E-state index is 5.60. The van der Waals surface area contributed by atoms with E-state index in [4.69, 9.17) is 16.2 Å². The van der Waals surface area contributed by atoms with Crippen LogP contribution in [-0.2, 0) is 17.0 Å². The number of thioether (sulfide) groups is 1. The number of methoxy groups -OCH3 is 1. The van der Waals surface area contributed by atoms with Crippen molar-refractivity contribution in [2.24, 2.45) is 0 Å². The number of nitrogens with zero attached hydrogens (tertiary/aromatic N) is 7. The van der Waals surface area contributed by atoms with Gasteiger partial charge in [-0.05, 0) is 12.1 Å². The first kappa shape index (κ1) is 17.0. The summed E-state index contributed by atoms with van der Waals surface area (Å²) in [6, 6.07) is 3.77. The summed E-state index contributed by atoms with van der Waals surface area (Å²) >= 11 is 1.44. The second kappa shape index (κ2) is 7.85. The topological polar surface area (TPSA) is 144 Å². The molecule has 3 aromatic heterocycles. The average Bonchev–Trinajstić information content (AvgIpc) is 3.01. The van der Waals surface area contributed by atoms with Crippen LogP contribution in [0.1, 0.15) is 5.82 Å². The minimum Gasteiger partial charge on any atom is -0.383 e. The lowest BCUT2D eigenvalue weighted by Gasteiger charge is -2.09. The van der Waals surface area contributed by atoms with Crippen molar-refractivity contribution < 1.29 is 4.74 Å². The molecule has 11 heteroatoms. The van der Waals surface area contributed by atoms with Gasteiger partial charge in [0.1, 0.15) is 5.82 Å². The molecule has 0 fully saturated rings. The summed E-state index contributed by atoms with van der Waals surface area (Å²) in [5.74, 6) is 1.87. The fourth-order valence-electron chi connectivity index (χ4n) is 2.14. The first-order chi connectivity index (χ1) is 12.2. The molecule has 0 bridgehead atoms. The zero-order chi connectivity index (χ0) is 17.6. The lowest BCUT2D eigenvalue weighted by Crippen LogP contribution is -2.08. The van der Waals surface area contributed by atoms with Gasteiger partial charge in [0.25, 0.3) is 0 Å². The number of pyridine rings is 1. The molecule has 10 nitrogen and oxygen atoms in total. The summed E-state index contributed by atoms with van der Waals surface area (Å²) in [6.07, 6.45) is 3.43. The molecule has 0 amide bonds. The van der Waals surface area contributed by atoms with E-state index in [9.17, 15) is 0 Å². The number of nitrogens with two attached hydrogens (primary N) is 2. The van der Waals surface area contributed by atoms with Crippen molar-refractivity contribution in [1.82, 2.24) is 34.7 Å². The lowest BCUT2D eigenvalue weighted by atomic mass is 10.2. The Morgan fingerprint density at radius 3 is 2.48 bits per heavy atom. The number of rotatable bonds is 7. The predicted molar refractivity (Wildman–Crippen MR) is 93.3 cm³/mol. The van der Waals surface area contributed by atoms with E-state index >= 15 is 0 Å². The van der Waals surface area contributed by atoms with Crippen molar-refractivity contribution in [2.45, 2.75) is 17.5 Å². The zero-order valence-corrected chi connectivity index (χ0v) is 14.3. The molecule has 0 unspecified atom stereocenters. The number of nitrogen functional groups attached to an aromatic ring is 2. The summed E-state index contributed by atoms with van der Waals surface area (Å²) in [7, 11) is 1.65. The maximum Gasteiger partial charge on any atom is 0.225 e. The van der Waals surface area contributed by atoms with E-state index in [-0.39, 0.29) is 11.9 Å². The molecule has 0 aliphatic carbocycles. The van der Waals surface area contributed by atoms with Crippen molar-refractivity contribution >= 4 is 23.7 Å². The van der Waals surface area contributed by atoms with E-state index in [1.165, 1.54) is 11.8 Å². The minimum absolute atomic E-state index is 0.0985. The van der Waals surface area contributed by atoms with Crippen molar-refractivity contribution in [3.05, 3.63) is 30.4 Å². The number of anilines is 2. The molecule has 0 saturated carbocycles. The molecule has 0 aromatic carbocycles. The average molecular weight is 359 g/mol. The second-order valence-corrected chi connectivity index (χ2v) is 5.89.